The second-order valence-corrected chi connectivity index (χ2v) is 3.59. The van der Waals surface area contributed by atoms with E-state index in [1.807, 2.05) is 0 Å². The Morgan fingerprint density at radius 3 is 2.92 bits per heavy atom. The third kappa shape index (κ3) is 1.64. The minimum atomic E-state index is 0.440. The first-order chi connectivity index (χ1) is 5.84. The van der Waals surface area contributed by atoms with Crippen molar-refractivity contribution in [2.24, 2.45) is 5.92 Å². The topological polar surface area (TPSA) is 70.3 Å². The summed E-state index contributed by atoms with van der Waals surface area (Å²) in [5.41, 5.74) is 5.37. The van der Waals surface area contributed by atoms with Crippen LogP contribution in [0.2, 0.25) is 0 Å². The Balaban J connectivity index is 1.79. The molecule has 2 N–H and O–H groups in total. The molecule has 1 aromatic heterocycles. The fraction of sp³-hybridized carbons (Fsp3) is 0.667. The molecule has 0 aliphatic carbocycles. The Morgan fingerprint density at radius 1 is 1.58 bits per heavy atom. The van der Waals surface area contributed by atoms with Crippen molar-refractivity contribution in [1.82, 2.24) is 10.2 Å². The predicted octanol–water partition coefficient (Wildman–Crippen LogP) is 0.145. The van der Waals surface area contributed by atoms with Crippen LogP contribution in [0.1, 0.15) is 0 Å². The van der Waals surface area contributed by atoms with Crippen LogP contribution in [-0.2, 0) is 4.74 Å². The Bertz CT molecular complexity index is 261. The van der Waals surface area contributed by atoms with Gasteiger partial charge in [0.25, 0.3) is 5.19 Å². The molecule has 1 saturated heterocycles. The second kappa shape index (κ2) is 3.24. The van der Waals surface area contributed by atoms with E-state index < -0.39 is 0 Å². The van der Waals surface area contributed by atoms with E-state index in [1.54, 1.807) is 0 Å². The van der Waals surface area contributed by atoms with Crippen LogP contribution in [0.3, 0.4) is 0 Å². The summed E-state index contributed by atoms with van der Waals surface area (Å²) in [5.74, 6) is 0.509. The molecular weight excluding hydrogens is 178 g/mol. The maximum atomic E-state index is 5.37. The molecule has 5 nitrogen and oxygen atoms in total. The minimum Gasteiger partial charge on any atom is -0.468 e. The molecule has 0 saturated carbocycles. The SMILES string of the molecule is Nc1nnc(OCC2COC2)s1. The van der Waals surface area contributed by atoms with E-state index in [0.29, 0.717) is 22.9 Å². The molecule has 0 aromatic carbocycles. The number of aromatic nitrogens is 2. The van der Waals surface area contributed by atoms with Gasteiger partial charge in [-0.3, -0.25) is 0 Å². The summed E-state index contributed by atoms with van der Waals surface area (Å²) in [6.07, 6.45) is 0. The molecule has 1 aliphatic rings. The Labute approximate surface area is 73.5 Å². The Kier molecular flexibility index (Phi) is 2.09. The minimum absolute atomic E-state index is 0.440. The number of ether oxygens (including phenoxy) is 2. The van der Waals surface area contributed by atoms with Gasteiger partial charge < -0.3 is 15.2 Å². The molecule has 0 bridgehead atoms. The van der Waals surface area contributed by atoms with Crippen LogP contribution in [0.25, 0.3) is 0 Å². The van der Waals surface area contributed by atoms with E-state index in [9.17, 15) is 0 Å². The van der Waals surface area contributed by atoms with Crippen LogP contribution < -0.4 is 10.5 Å². The molecule has 2 rings (SSSR count). The number of hydrogen-bond donors (Lipinski definition) is 1. The van der Waals surface area contributed by atoms with Gasteiger partial charge in [0.05, 0.1) is 19.8 Å². The molecule has 1 aromatic rings. The van der Waals surface area contributed by atoms with E-state index in [4.69, 9.17) is 15.2 Å². The van der Waals surface area contributed by atoms with Gasteiger partial charge in [-0.1, -0.05) is 5.10 Å². The normalized spacial score (nSPS) is 17.3. The smallest absolute Gasteiger partial charge is 0.295 e. The lowest BCUT2D eigenvalue weighted by Crippen LogP contribution is -2.32. The van der Waals surface area contributed by atoms with Crippen molar-refractivity contribution >= 4 is 16.5 Å². The number of nitrogens with two attached hydrogens (primary N) is 1. The highest BCUT2D eigenvalue weighted by molar-refractivity contribution is 7.16. The van der Waals surface area contributed by atoms with Crippen molar-refractivity contribution in [2.75, 3.05) is 25.6 Å². The molecular formula is C6H9N3O2S. The van der Waals surface area contributed by atoms with Crippen molar-refractivity contribution in [2.45, 2.75) is 0 Å². The fourth-order valence-corrected chi connectivity index (χ4v) is 1.32. The van der Waals surface area contributed by atoms with Gasteiger partial charge in [0.1, 0.15) is 0 Å². The second-order valence-electron chi connectivity index (χ2n) is 2.62. The number of hydrogen-bond acceptors (Lipinski definition) is 6. The molecule has 0 spiro atoms. The fourth-order valence-electron chi connectivity index (χ4n) is 0.849. The molecule has 66 valence electrons. The summed E-state index contributed by atoms with van der Waals surface area (Å²) < 4.78 is 10.3. The first-order valence-corrected chi connectivity index (χ1v) is 4.46. The first-order valence-electron chi connectivity index (χ1n) is 3.64. The first kappa shape index (κ1) is 7.75. The van der Waals surface area contributed by atoms with Gasteiger partial charge in [-0.2, -0.15) is 0 Å². The number of rotatable bonds is 3. The van der Waals surface area contributed by atoms with E-state index in [0.717, 1.165) is 13.2 Å². The van der Waals surface area contributed by atoms with Crippen LogP contribution in [0.4, 0.5) is 5.13 Å². The summed E-state index contributed by atoms with van der Waals surface area (Å²) >= 11 is 1.26. The molecule has 0 amide bonds. The van der Waals surface area contributed by atoms with Crippen LogP contribution in [0, 0.1) is 5.92 Å². The number of anilines is 1. The molecule has 1 aliphatic heterocycles. The van der Waals surface area contributed by atoms with E-state index >= 15 is 0 Å². The Morgan fingerprint density at radius 2 is 2.42 bits per heavy atom. The van der Waals surface area contributed by atoms with Crippen LogP contribution in [0.15, 0.2) is 0 Å². The van der Waals surface area contributed by atoms with Crippen LogP contribution in [-0.4, -0.2) is 30.0 Å². The average molecular weight is 187 g/mol. The van der Waals surface area contributed by atoms with Crippen molar-refractivity contribution in [1.29, 1.82) is 0 Å². The Hall–Kier alpha value is -0.880. The molecule has 6 heteroatoms. The predicted molar refractivity (Wildman–Crippen MR) is 44.1 cm³/mol. The van der Waals surface area contributed by atoms with Crippen molar-refractivity contribution in [3.8, 4) is 5.19 Å². The summed E-state index contributed by atoms with van der Waals surface area (Å²) in [5, 5.41) is 8.34. The lowest BCUT2D eigenvalue weighted by atomic mass is 10.1. The van der Waals surface area contributed by atoms with Gasteiger partial charge in [0.2, 0.25) is 5.13 Å². The van der Waals surface area contributed by atoms with E-state index in [1.165, 1.54) is 11.3 Å². The van der Waals surface area contributed by atoms with Gasteiger partial charge in [-0.15, -0.1) is 5.10 Å². The molecule has 0 radical (unpaired) electrons. The highest BCUT2D eigenvalue weighted by Crippen LogP contribution is 2.20. The zero-order valence-corrected chi connectivity index (χ0v) is 7.21. The summed E-state index contributed by atoms with van der Waals surface area (Å²) in [6.45, 7) is 2.22. The highest BCUT2D eigenvalue weighted by Gasteiger charge is 2.19. The molecule has 2 heterocycles. The number of nitrogens with zero attached hydrogens (tertiary/aromatic N) is 2. The molecule has 0 atom stereocenters. The molecule has 1 fully saturated rings. The third-order valence-corrected chi connectivity index (χ3v) is 2.24. The summed E-state index contributed by atoms with van der Waals surface area (Å²) in [7, 11) is 0. The van der Waals surface area contributed by atoms with E-state index in [-0.39, 0.29) is 0 Å². The zero-order valence-electron chi connectivity index (χ0n) is 6.40. The van der Waals surface area contributed by atoms with Gasteiger partial charge in [0, 0.05) is 5.92 Å². The highest BCUT2D eigenvalue weighted by atomic mass is 32.1. The van der Waals surface area contributed by atoms with Crippen molar-refractivity contribution < 1.29 is 9.47 Å². The summed E-state index contributed by atoms with van der Waals surface area (Å²) in [4.78, 5) is 0. The van der Waals surface area contributed by atoms with Crippen molar-refractivity contribution in [3.05, 3.63) is 0 Å². The third-order valence-electron chi connectivity index (χ3n) is 1.57. The summed E-state index contributed by atoms with van der Waals surface area (Å²) in [6, 6.07) is 0. The van der Waals surface area contributed by atoms with E-state index in [2.05, 4.69) is 10.2 Å². The maximum Gasteiger partial charge on any atom is 0.295 e. The molecule has 0 unspecified atom stereocenters. The van der Waals surface area contributed by atoms with Crippen molar-refractivity contribution in [3.63, 3.8) is 0 Å². The quantitative estimate of drug-likeness (QED) is 0.729. The maximum absolute atomic E-state index is 5.37. The van der Waals surface area contributed by atoms with Gasteiger partial charge in [0.15, 0.2) is 0 Å². The largest absolute Gasteiger partial charge is 0.468 e. The average Bonchev–Trinajstić information content (AvgIpc) is 2.32. The lowest BCUT2D eigenvalue weighted by Gasteiger charge is -2.24. The molecule has 12 heavy (non-hydrogen) atoms. The van der Waals surface area contributed by atoms with Crippen LogP contribution in [0.5, 0.6) is 5.19 Å². The van der Waals surface area contributed by atoms with Gasteiger partial charge in [-0.05, 0) is 11.3 Å². The van der Waals surface area contributed by atoms with Gasteiger partial charge >= 0.3 is 0 Å². The van der Waals surface area contributed by atoms with Crippen LogP contribution >= 0.6 is 11.3 Å². The number of nitrogen functional groups attached to an aromatic ring is 1. The zero-order chi connectivity index (χ0) is 8.39. The lowest BCUT2D eigenvalue weighted by molar-refractivity contribution is -0.0509. The monoisotopic (exact) mass is 187 g/mol. The van der Waals surface area contributed by atoms with Gasteiger partial charge in [-0.25, -0.2) is 0 Å². The standard InChI is InChI=1S/C6H9N3O2S/c7-5-8-9-6(12-5)11-3-4-1-10-2-4/h4H,1-3H2,(H2,7,8).